The number of pyridine rings is 2. The summed E-state index contributed by atoms with van der Waals surface area (Å²) in [7, 11) is 0. The Morgan fingerprint density at radius 2 is 2.12 bits per heavy atom. The van der Waals surface area contributed by atoms with E-state index in [0.717, 1.165) is 12.3 Å². The van der Waals surface area contributed by atoms with Crippen LogP contribution in [0.5, 0.6) is 0 Å². The minimum absolute atomic E-state index is 0.141. The van der Waals surface area contributed by atoms with Crippen LogP contribution in [0.1, 0.15) is 10.4 Å². The average molecular weight is 232 g/mol. The molecule has 6 heteroatoms. The molecule has 0 saturated carbocycles. The van der Waals surface area contributed by atoms with Gasteiger partial charge in [0.1, 0.15) is 11.6 Å². The fourth-order valence-corrected chi connectivity index (χ4v) is 1.22. The summed E-state index contributed by atoms with van der Waals surface area (Å²) in [4.78, 5) is 19.1. The molecular weight excluding hydrogens is 223 g/mol. The average Bonchev–Trinajstić information content (AvgIpc) is 2.32. The molecule has 2 aromatic heterocycles. The lowest BCUT2D eigenvalue weighted by atomic mass is 10.2. The first-order valence-corrected chi connectivity index (χ1v) is 4.78. The van der Waals surface area contributed by atoms with Crippen molar-refractivity contribution in [1.29, 1.82) is 0 Å². The lowest BCUT2D eigenvalue weighted by Crippen LogP contribution is -2.12. The number of halogens is 1. The van der Waals surface area contributed by atoms with E-state index >= 15 is 0 Å². The van der Waals surface area contributed by atoms with Gasteiger partial charge in [0.15, 0.2) is 0 Å². The Labute approximate surface area is 96.5 Å². The molecule has 2 aromatic rings. The molecule has 0 aliphatic heterocycles. The van der Waals surface area contributed by atoms with Gasteiger partial charge in [-0.15, -0.1) is 0 Å². The van der Waals surface area contributed by atoms with E-state index in [9.17, 15) is 9.18 Å². The number of hydrogen-bond donors (Lipinski definition) is 2. The molecular formula is C11H9FN4O. The van der Waals surface area contributed by atoms with Crippen molar-refractivity contribution in [3.8, 4) is 0 Å². The maximum atomic E-state index is 12.8. The number of rotatable bonds is 2. The first-order chi connectivity index (χ1) is 8.15. The standard InChI is InChI=1S/C11H9FN4O/c12-8-3-7(4-14-5-8)11(17)16-9-1-2-10(13)15-6-9/h1-6H,(H2,13,15)(H,16,17). The van der Waals surface area contributed by atoms with Crippen molar-refractivity contribution < 1.29 is 9.18 Å². The summed E-state index contributed by atoms with van der Waals surface area (Å²) in [5.74, 6) is -0.660. The monoisotopic (exact) mass is 232 g/mol. The zero-order chi connectivity index (χ0) is 12.3. The summed E-state index contributed by atoms with van der Waals surface area (Å²) in [6.45, 7) is 0. The molecule has 0 unspecified atom stereocenters. The second kappa shape index (κ2) is 4.56. The minimum atomic E-state index is -0.562. The van der Waals surface area contributed by atoms with Gasteiger partial charge >= 0.3 is 0 Å². The van der Waals surface area contributed by atoms with Crippen molar-refractivity contribution in [1.82, 2.24) is 9.97 Å². The van der Waals surface area contributed by atoms with Crippen molar-refractivity contribution >= 4 is 17.4 Å². The second-order valence-electron chi connectivity index (χ2n) is 3.32. The molecule has 0 aliphatic carbocycles. The van der Waals surface area contributed by atoms with Crippen LogP contribution < -0.4 is 11.1 Å². The molecule has 1 amide bonds. The number of carbonyl (C=O) groups is 1. The summed E-state index contributed by atoms with van der Waals surface area (Å²) < 4.78 is 12.8. The highest BCUT2D eigenvalue weighted by atomic mass is 19.1. The molecule has 0 aromatic carbocycles. The Kier molecular flexibility index (Phi) is 2.95. The van der Waals surface area contributed by atoms with Crippen LogP contribution >= 0.6 is 0 Å². The normalized spacial score (nSPS) is 9.94. The number of hydrogen-bond acceptors (Lipinski definition) is 4. The quantitative estimate of drug-likeness (QED) is 0.821. The zero-order valence-corrected chi connectivity index (χ0v) is 8.72. The van der Waals surface area contributed by atoms with E-state index in [4.69, 9.17) is 5.73 Å². The van der Waals surface area contributed by atoms with Crippen molar-refractivity contribution in [2.24, 2.45) is 0 Å². The highest BCUT2D eigenvalue weighted by Crippen LogP contribution is 2.09. The van der Waals surface area contributed by atoms with Crippen LogP contribution in [0.4, 0.5) is 15.9 Å². The van der Waals surface area contributed by atoms with Gasteiger partial charge < -0.3 is 11.1 Å². The van der Waals surface area contributed by atoms with E-state index in [-0.39, 0.29) is 5.56 Å². The summed E-state index contributed by atoms with van der Waals surface area (Å²) >= 11 is 0. The van der Waals surface area contributed by atoms with E-state index in [0.29, 0.717) is 11.5 Å². The molecule has 17 heavy (non-hydrogen) atoms. The van der Waals surface area contributed by atoms with Gasteiger partial charge in [0.25, 0.3) is 5.91 Å². The molecule has 86 valence electrons. The maximum Gasteiger partial charge on any atom is 0.257 e. The van der Waals surface area contributed by atoms with Gasteiger partial charge in [0, 0.05) is 6.20 Å². The number of carbonyl (C=O) groups excluding carboxylic acids is 1. The Morgan fingerprint density at radius 1 is 1.29 bits per heavy atom. The molecule has 0 saturated heterocycles. The molecule has 0 aliphatic rings. The summed E-state index contributed by atoms with van der Waals surface area (Å²) in [5, 5.41) is 2.55. The van der Waals surface area contributed by atoms with Gasteiger partial charge in [-0.1, -0.05) is 0 Å². The number of nitrogen functional groups attached to an aromatic ring is 1. The number of nitrogens with two attached hydrogens (primary N) is 1. The van der Waals surface area contributed by atoms with Gasteiger partial charge in [-0.2, -0.15) is 0 Å². The lowest BCUT2D eigenvalue weighted by molar-refractivity contribution is 0.102. The molecule has 0 fully saturated rings. The van der Waals surface area contributed by atoms with Crippen molar-refractivity contribution in [2.45, 2.75) is 0 Å². The van der Waals surface area contributed by atoms with Crippen LogP contribution in [0.3, 0.4) is 0 Å². The molecule has 0 radical (unpaired) electrons. The molecule has 3 N–H and O–H groups in total. The van der Waals surface area contributed by atoms with Crippen LogP contribution in [0.25, 0.3) is 0 Å². The van der Waals surface area contributed by atoms with Gasteiger partial charge in [-0.3, -0.25) is 9.78 Å². The SMILES string of the molecule is Nc1ccc(NC(=O)c2cncc(F)c2)cn1. The van der Waals surface area contributed by atoms with Crippen LogP contribution in [0.15, 0.2) is 36.8 Å². The molecule has 2 heterocycles. The Morgan fingerprint density at radius 3 is 2.76 bits per heavy atom. The largest absolute Gasteiger partial charge is 0.384 e. The van der Waals surface area contributed by atoms with E-state index in [1.807, 2.05) is 0 Å². The third-order valence-corrected chi connectivity index (χ3v) is 2.01. The zero-order valence-electron chi connectivity index (χ0n) is 8.72. The van der Waals surface area contributed by atoms with E-state index in [1.165, 1.54) is 12.4 Å². The first kappa shape index (κ1) is 11.0. The molecule has 0 bridgehead atoms. The highest BCUT2D eigenvalue weighted by Gasteiger charge is 2.07. The predicted octanol–water partition coefficient (Wildman–Crippen LogP) is 1.45. The maximum absolute atomic E-state index is 12.8. The van der Waals surface area contributed by atoms with Gasteiger partial charge in [-0.05, 0) is 18.2 Å². The van der Waals surface area contributed by atoms with Gasteiger partial charge in [-0.25, -0.2) is 9.37 Å². The topological polar surface area (TPSA) is 80.9 Å². The molecule has 2 rings (SSSR count). The van der Waals surface area contributed by atoms with Crippen LogP contribution in [0, 0.1) is 5.82 Å². The van der Waals surface area contributed by atoms with Crippen LogP contribution in [-0.4, -0.2) is 15.9 Å². The Hall–Kier alpha value is -2.50. The van der Waals surface area contributed by atoms with Gasteiger partial charge in [0.05, 0.1) is 23.6 Å². The van der Waals surface area contributed by atoms with E-state index in [2.05, 4.69) is 15.3 Å². The second-order valence-corrected chi connectivity index (χ2v) is 3.32. The summed E-state index contributed by atoms with van der Waals surface area (Å²) in [5.41, 5.74) is 6.03. The number of anilines is 2. The fraction of sp³-hybridized carbons (Fsp3) is 0. The first-order valence-electron chi connectivity index (χ1n) is 4.78. The van der Waals surface area contributed by atoms with Gasteiger partial charge in [0.2, 0.25) is 0 Å². The summed E-state index contributed by atoms with van der Waals surface area (Å²) in [6.07, 6.45) is 3.73. The number of nitrogens with one attached hydrogen (secondary N) is 1. The third kappa shape index (κ3) is 2.75. The van der Waals surface area contributed by atoms with Crippen molar-refractivity contribution in [3.63, 3.8) is 0 Å². The minimum Gasteiger partial charge on any atom is -0.384 e. The van der Waals surface area contributed by atoms with E-state index in [1.54, 1.807) is 12.1 Å². The fourth-order valence-electron chi connectivity index (χ4n) is 1.22. The Balaban J connectivity index is 2.14. The lowest BCUT2D eigenvalue weighted by Gasteiger charge is -2.04. The Bertz CT molecular complexity index is 541. The van der Waals surface area contributed by atoms with E-state index < -0.39 is 11.7 Å². The van der Waals surface area contributed by atoms with Crippen molar-refractivity contribution in [2.75, 3.05) is 11.1 Å². The van der Waals surface area contributed by atoms with Crippen LogP contribution in [0.2, 0.25) is 0 Å². The van der Waals surface area contributed by atoms with Crippen LogP contribution in [-0.2, 0) is 0 Å². The number of aromatic nitrogens is 2. The smallest absolute Gasteiger partial charge is 0.257 e. The number of amides is 1. The molecule has 0 atom stereocenters. The third-order valence-electron chi connectivity index (χ3n) is 2.01. The summed E-state index contributed by atoms with van der Waals surface area (Å²) in [6, 6.07) is 4.26. The van der Waals surface area contributed by atoms with Crippen molar-refractivity contribution in [3.05, 3.63) is 48.2 Å². The molecule has 0 spiro atoms. The highest BCUT2D eigenvalue weighted by molar-refractivity contribution is 6.03. The number of nitrogens with zero attached hydrogens (tertiary/aromatic N) is 2. The predicted molar refractivity (Wildman–Crippen MR) is 60.8 cm³/mol. The molecule has 5 nitrogen and oxygen atoms in total.